The third kappa shape index (κ3) is 4.43. The Morgan fingerprint density at radius 3 is 2.65 bits per heavy atom. The maximum atomic E-state index is 12.2. The van der Waals surface area contributed by atoms with Crippen molar-refractivity contribution in [3.8, 4) is 0 Å². The van der Waals surface area contributed by atoms with Crippen LogP contribution in [0, 0.1) is 6.92 Å². The van der Waals surface area contributed by atoms with E-state index in [0.29, 0.717) is 21.5 Å². The van der Waals surface area contributed by atoms with Crippen molar-refractivity contribution in [2.75, 3.05) is 5.32 Å². The van der Waals surface area contributed by atoms with Gasteiger partial charge in [0.25, 0.3) is 11.8 Å². The van der Waals surface area contributed by atoms with Crippen LogP contribution in [0.3, 0.4) is 0 Å². The molecule has 0 aliphatic carbocycles. The number of benzene rings is 1. The first-order chi connectivity index (χ1) is 12.4. The number of hydrogen-bond acceptors (Lipinski definition) is 5. The number of thiazole rings is 1. The van der Waals surface area contributed by atoms with Crippen molar-refractivity contribution < 1.29 is 14.0 Å². The lowest BCUT2D eigenvalue weighted by molar-refractivity contribution is 0.0942. The number of nitrogens with one attached hydrogen (secondary N) is 2. The zero-order valence-electron chi connectivity index (χ0n) is 13.5. The lowest BCUT2D eigenvalue weighted by Gasteiger charge is -2.03. The van der Waals surface area contributed by atoms with E-state index in [2.05, 4.69) is 15.6 Å². The second-order valence-electron chi connectivity index (χ2n) is 5.32. The van der Waals surface area contributed by atoms with Crippen molar-refractivity contribution in [2.24, 2.45) is 0 Å². The van der Waals surface area contributed by atoms with Crippen molar-refractivity contribution >= 4 is 51.5 Å². The molecule has 2 N–H and O–H groups in total. The van der Waals surface area contributed by atoms with E-state index in [-0.39, 0.29) is 23.2 Å². The van der Waals surface area contributed by atoms with Crippen LogP contribution >= 0.6 is 34.5 Å². The fourth-order valence-corrected chi connectivity index (χ4v) is 3.06. The topological polar surface area (TPSA) is 84.2 Å². The first-order valence-corrected chi connectivity index (χ1v) is 9.11. The third-order valence-corrected chi connectivity index (χ3v) is 4.86. The van der Waals surface area contributed by atoms with Gasteiger partial charge in [0.2, 0.25) is 0 Å². The van der Waals surface area contributed by atoms with Gasteiger partial charge >= 0.3 is 0 Å². The number of carbonyl (C=O) groups excluding carboxylic acids is 2. The number of nitrogens with zero attached hydrogens (tertiary/aromatic N) is 1. The van der Waals surface area contributed by atoms with Crippen LogP contribution in [-0.4, -0.2) is 16.8 Å². The lowest BCUT2D eigenvalue weighted by atomic mass is 10.2. The summed E-state index contributed by atoms with van der Waals surface area (Å²) in [4.78, 5) is 28.5. The van der Waals surface area contributed by atoms with Gasteiger partial charge in [0, 0.05) is 10.9 Å². The van der Waals surface area contributed by atoms with E-state index in [1.165, 1.54) is 12.1 Å². The first kappa shape index (κ1) is 18.4. The maximum Gasteiger partial charge on any atom is 0.271 e. The Bertz CT molecular complexity index is 968. The van der Waals surface area contributed by atoms with Gasteiger partial charge in [-0.25, -0.2) is 4.98 Å². The molecule has 0 saturated heterocycles. The summed E-state index contributed by atoms with van der Waals surface area (Å²) in [5.74, 6) is 0.677. The molecule has 0 fully saturated rings. The number of halogens is 2. The zero-order valence-corrected chi connectivity index (χ0v) is 15.8. The van der Waals surface area contributed by atoms with Crippen LogP contribution in [0.4, 0.5) is 5.13 Å². The fraction of sp³-hybridized carbons (Fsp3) is 0.118. The molecule has 3 rings (SSSR count). The second kappa shape index (κ2) is 7.90. The van der Waals surface area contributed by atoms with Crippen molar-refractivity contribution in [3.05, 3.63) is 68.5 Å². The van der Waals surface area contributed by atoms with Crippen LogP contribution in [-0.2, 0) is 6.54 Å². The Hall–Kier alpha value is -2.35. The Kier molecular flexibility index (Phi) is 5.61. The predicted molar refractivity (Wildman–Crippen MR) is 101 cm³/mol. The molecule has 0 atom stereocenters. The average molecular weight is 410 g/mol. The highest BCUT2D eigenvalue weighted by atomic mass is 35.5. The van der Waals surface area contributed by atoms with Crippen LogP contribution in [0.2, 0.25) is 10.0 Å². The normalized spacial score (nSPS) is 10.6. The smallest absolute Gasteiger partial charge is 0.271 e. The molecular formula is C17H13Cl2N3O3S. The van der Waals surface area contributed by atoms with Gasteiger partial charge in [0.1, 0.15) is 17.2 Å². The van der Waals surface area contributed by atoms with Gasteiger partial charge in [-0.3, -0.25) is 14.9 Å². The number of furan rings is 1. The SMILES string of the molecule is Cc1ccc(CNC(=O)c2csc(NC(=O)c3ccc(Cl)c(Cl)c3)n2)o1. The molecular weight excluding hydrogens is 397 g/mol. The highest BCUT2D eigenvalue weighted by molar-refractivity contribution is 7.14. The van der Waals surface area contributed by atoms with Gasteiger partial charge < -0.3 is 9.73 Å². The molecule has 9 heteroatoms. The quantitative estimate of drug-likeness (QED) is 0.647. The molecule has 2 heterocycles. The maximum absolute atomic E-state index is 12.2. The molecule has 6 nitrogen and oxygen atoms in total. The van der Waals surface area contributed by atoms with E-state index in [1.54, 1.807) is 17.5 Å². The number of anilines is 1. The molecule has 0 aliphatic heterocycles. The van der Waals surface area contributed by atoms with Gasteiger partial charge in [-0.2, -0.15) is 0 Å². The van der Waals surface area contributed by atoms with Gasteiger partial charge in [-0.1, -0.05) is 23.2 Å². The van der Waals surface area contributed by atoms with E-state index in [1.807, 2.05) is 13.0 Å². The largest absolute Gasteiger partial charge is 0.465 e. The molecule has 0 saturated carbocycles. The van der Waals surface area contributed by atoms with Crippen molar-refractivity contribution in [3.63, 3.8) is 0 Å². The van der Waals surface area contributed by atoms with Gasteiger partial charge in [0.15, 0.2) is 5.13 Å². The van der Waals surface area contributed by atoms with Crippen LogP contribution in [0.1, 0.15) is 32.4 Å². The molecule has 26 heavy (non-hydrogen) atoms. The molecule has 2 amide bonds. The van der Waals surface area contributed by atoms with Crippen LogP contribution < -0.4 is 10.6 Å². The average Bonchev–Trinajstić information content (AvgIpc) is 3.24. The Morgan fingerprint density at radius 2 is 1.96 bits per heavy atom. The van der Waals surface area contributed by atoms with Crippen molar-refractivity contribution in [1.29, 1.82) is 0 Å². The number of carbonyl (C=O) groups is 2. The Balaban J connectivity index is 1.60. The summed E-state index contributed by atoms with van der Waals surface area (Å²) in [5, 5.41) is 7.85. The Morgan fingerprint density at radius 1 is 1.15 bits per heavy atom. The van der Waals surface area contributed by atoms with E-state index >= 15 is 0 Å². The number of amides is 2. The first-order valence-electron chi connectivity index (χ1n) is 7.48. The minimum atomic E-state index is -0.393. The minimum Gasteiger partial charge on any atom is -0.465 e. The van der Waals surface area contributed by atoms with Crippen LogP contribution in [0.25, 0.3) is 0 Å². The molecule has 2 aromatic heterocycles. The highest BCUT2D eigenvalue weighted by Crippen LogP contribution is 2.23. The summed E-state index contributed by atoms with van der Waals surface area (Å²) in [6, 6.07) is 8.17. The van der Waals surface area contributed by atoms with Crippen molar-refractivity contribution in [1.82, 2.24) is 10.3 Å². The molecule has 1 aromatic carbocycles. The zero-order chi connectivity index (χ0) is 18.7. The van der Waals surface area contributed by atoms with Gasteiger partial charge in [-0.15, -0.1) is 11.3 Å². The summed E-state index contributed by atoms with van der Waals surface area (Å²) < 4.78 is 5.38. The molecule has 0 aliphatic rings. The molecule has 134 valence electrons. The predicted octanol–water partition coefficient (Wildman–Crippen LogP) is 4.53. The summed E-state index contributed by atoms with van der Waals surface area (Å²) in [5.41, 5.74) is 0.552. The fourth-order valence-electron chi connectivity index (χ4n) is 2.08. The standard InChI is InChI=1S/C17H13Cl2N3O3S/c1-9-2-4-11(25-9)7-20-16(24)14-8-26-17(21-14)22-15(23)10-3-5-12(18)13(19)6-10/h2-6,8H,7H2,1H3,(H,20,24)(H,21,22,23). The summed E-state index contributed by atoms with van der Waals surface area (Å²) in [6.07, 6.45) is 0. The highest BCUT2D eigenvalue weighted by Gasteiger charge is 2.14. The molecule has 0 radical (unpaired) electrons. The number of aromatic nitrogens is 1. The lowest BCUT2D eigenvalue weighted by Crippen LogP contribution is -2.23. The van der Waals surface area contributed by atoms with Gasteiger partial charge in [-0.05, 0) is 37.3 Å². The number of rotatable bonds is 5. The van der Waals surface area contributed by atoms with Crippen molar-refractivity contribution in [2.45, 2.75) is 13.5 Å². The summed E-state index contributed by atoms with van der Waals surface area (Å²) in [7, 11) is 0. The molecule has 0 spiro atoms. The van der Waals surface area contributed by atoms with E-state index in [9.17, 15) is 9.59 Å². The Labute approximate surface area is 163 Å². The minimum absolute atomic E-state index is 0.211. The monoisotopic (exact) mass is 409 g/mol. The number of aryl methyl sites for hydroxylation is 1. The molecule has 3 aromatic rings. The second-order valence-corrected chi connectivity index (χ2v) is 6.99. The molecule has 0 bridgehead atoms. The number of hydrogen-bond donors (Lipinski definition) is 2. The van der Waals surface area contributed by atoms with Crippen LogP contribution in [0.15, 0.2) is 40.1 Å². The van der Waals surface area contributed by atoms with E-state index in [0.717, 1.165) is 17.1 Å². The van der Waals surface area contributed by atoms with Gasteiger partial charge in [0.05, 0.1) is 16.6 Å². The molecule has 0 unspecified atom stereocenters. The summed E-state index contributed by atoms with van der Waals surface area (Å²) >= 11 is 12.9. The van der Waals surface area contributed by atoms with E-state index < -0.39 is 5.91 Å². The third-order valence-electron chi connectivity index (χ3n) is 3.36. The van der Waals surface area contributed by atoms with E-state index in [4.69, 9.17) is 27.6 Å². The van der Waals surface area contributed by atoms with Crippen LogP contribution in [0.5, 0.6) is 0 Å². The summed E-state index contributed by atoms with van der Waals surface area (Å²) in [6.45, 7) is 2.09.